The molecule has 1 aromatic carbocycles. The molecule has 0 saturated heterocycles. The van der Waals surface area contributed by atoms with E-state index in [1.807, 2.05) is 12.1 Å². The van der Waals surface area contributed by atoms with Crippen LogP contribution in [0.2, 0.25) is 0 Å². The maximum atomic E-state index is 6.44. The molecule has 5 nitrogen and oxygen atoms in total. The number of rotatable bonds is 4. The zero-order valence-electron chi connectivity index (χ0n) is 16.1. The van der Waals surface area contributed by atoms with E-state index in [1.54, 1.807) is 11.8 Å². The number of hydrogen-bond donors (Lipinski definition) is 1. The van der Waals surface area contributed by atoms with Crippen LogP contribution in [-0.2, 0) is 0 Å². The van der Waals surface area contributed by atoms with Gasteiger partial charge in [0.25, 0.3) is 0 Å². The molecule has 3 unspecified atom stereocenters. The van der Waals surface area contributed by atoms with E-state index in [0.29, 0.717) is 22.9 Å². The number of allylic oxidation sites excluding steroid dienone is 2. The van der Waals surface area contributed by atoms with Crippen molar-refractivity contribution in [2.75, 3.05) is 11.1 Å². The number of benzene rings is 1. The fourth-order valence-corrected chi connectivity index (χ4v) is 4.48. The molecule has 2 aliphatic rings. The summed E-state index contributed by atoms with van der Waals surface area (Å²) in [6.07, 6.45) is 5.41. The molecule has 3 atom stereocenters. The molecule has 1 N–H and O–H groups in total. The van der Waals surface area contributed by atoms with Gasteiger partial charge in [0, 0.05) is 22.9 Å². The summed E-state index contributed by atoms with van der Waals surface area (Å²) in [5.74, 6) is 2.49. The molecule has 4 rings (SSSR count). The van der Waals surface area contributed by atoms with Crippen molar-refractivity contribution in [3.63, 3.8) is 0 Å². The van der Waals surface area contributed by atoms with Crippen LogP contribution in [0.15, 0.2) is 41.1 Å². The molecule has 1 aliphatic heterocycles. The lowest BCUT2D eigenvalue weighted by Crippen LogP contribution is -2.39. The van der Waals surface area contributed by atoms with E-state index in [0.717, 1.165) is 42.0 Å². The molecule has 27 heavy (non-hydrogen) atoms. The van der Waals surface area contributed by atoms with Crippen molar-refractivity contribution < 1.29 is 4.74 Å². The third kappa shape index (κ3) is 3.81. The van der Waals surface area contributed by atoms with Crippen LogP contribution in [0.4, 0.5) is 5.69 Å². The van der Waals surface area contributed by atoms with Gasteiger partial charge in [-0.15, -0.1) is 10.2 Å². The summed E-state index contributed by atoms with van der Waals surface area (Å²) >= 11 is 1.62. The van der Waals surface area contributed by atoms with E-state index in [9.17, 15) is 0 Å². The molecule has 0 amide bonds. The number of para-hydroxylation sites is 1. The Balaban J connectivity index is 1.72. The van der Waals surface area contributed by atoms with Gasteiger partial charge in [0.1, 0.15) is 0 Å². The largest absolute Gasteiger partial charge is 0.452 e. The molecule has 0 radical (unpaired) electrons. The SMILES string of the molecule is CCCSc1nnc2c(n1)OC(C1CC=C(C)CC1C)Nc1ccccc1-2. The molecule has 0 fully saturated rings. The number of anilines is 1. The summed E-state index contributed by atoms with van der Waals surface area (Å²) in [6, 6.07) is 8.18. The number of fused-ring (bicyclic) bond motifs is 3. The number of nitrogens with zero attached hydrogens (tertiary/aromatic N) is 3. The van der Waals surface area contributed by atoms with Crippen LogP contribution in [0.3, 0.4) is 0 Å². The molecule has 0 saturated carbocycles. The zero-order chi connectivity index (χ0) is 18.8. The van der Waals surface area contributed by atoms with E-state index < -0.39 is 0 Å². The van der Waals surface area contributed by atoms with Crippen LogP contribution >= 0.6 is 11.8 Å². The van der Waals surface area contributed by atoms with Gasteiger partial charge >= 0.3 is 0 Å². The molecule has 0 bridgehead atoms. The molecule has 1 aromatic heterocycles. The average Bonchev–Trinajstić information content (AvgIpc) is 2.82. The summed E-state index contributed by atoms with van der Waals surface area (Å²) < 4.78 is 6.44. The minimum atomic E-state index is -0.132. The fourth-order valence-electron chi connectivity index (χ4n) is 3.85. The normalized spacial score (nSPS) is 24.0. The number of aromatic nitrogens is 3. The van der Waals surface area contributed by atoms with Gasteiger partial charge < -0.3 is 10.1 Å². The molecular weight excluding hydrogens is 356 g/mol. The number of ether oxygens (including phenoxy) is 1. The standard InChI is InChI=1S/C21H26N4OS/c1-4-11-27-21-23-20-18(24-25-21)16-7-5-6-8-17(16)22-19(26-20)15-10-9-13(2)12-14(15)3/h5-9,14-15,19,22H,4,10-12H2,1-3H3. The van der Waals surface area contributed by atoms with Crippen LogP contribution in [-0.4, -0.2) is 27.2 Å². The molecule has 6 heteroatoms. The third-order valence-electron chi connectivity index (χ3n) is 5.29. The Bertz CT molecular complexity index is 854. The summed E-state index contributed by atoms with van der Waals surface area (Å²) in [6.45, 7) is 6.67. The van der Waals surface area contributed by atoms with Gasteiger partial charge in [0.05, 0.1) is 0 Å². The number of thioether (sulfide) groups is 1. The van der Waals surface area contributed by atoms with Gasteiger partial charge in [0.15, 0.2) is 11.9 Å². The second-order valence-corrected chi connectivity index (χ2v) is 8.52. The molecule has 2 aromatic rings. The van der Waals surface area contributed by atoms with Crippen molar-refractivity contribution in [2.45, 2.75) is 51.4 Å². The monoisotopic (exact) mass is 382 g/mol. The Morgan fingerprint density at radius 2 is 2.11 bits per heavy atom. The topological polar surface area (TPSA) is 59.9 Å². The second-order valence-electron chi connectivity index (χ2n) is 7.46. The fraction of sp³-hybridized carbons (Fsp3) is 0.476. The van der Waals surface area contributed by atoms with E-state index in [-0.39, 0.29) is 6.23 Å². The minimum Gasteiger partial charge on any atom is -0.452 e. The quantitative estimate of drug-likeness (QED) is 0.582. The van der Waals surface area contributed by atoms with Crippen LogP contribution in [0.25, 0.3) is 11.3 Å². The van der Waals surface area contributed by atoms with Crippen molar-refractivity contribution in [2.24, 2.45) is 11.8 Å². The Labute approximate surface area is 165 Å². The Kier molecular flexibility index (Phi) is 5.34. The molecule has 142 valence electrons. The first kappa shape index (κ1) is 18.3. The number of hydrogen-bond acceptors (Lipinski definition) is 6. The van der Waals surface area contributed by atoms with Crippen LogP contribution in [0.1, 0.15) is 40.0 Å². The van der Waals surface area contributed by atoms with Crippen molar-refractivity contribution in [3.8, 4) is 17.1 Å². The van der Waals surface area contributed by atoms with E-state index in [4.69, 9.17) is 9.72 Å². The van der Waals surface area contributed by atoms with E-state index >= 15 is 0 Å². The lowest BCUT2D eigenvalue weighted by atomic mass is 9.80. The van der Waals surface area contributed by atoms with Crippen molar-refractivity contribution in [1.82, 2.24) is 15.2 Å². The molecule has 2 heterocycles. The van der Waals surface area contributed by atoms with Crippen molar-refractivity contribution in [1.29, 1.82) is 0 Å². The van der Waals surface area contributed by atoms with Gasteiger partial charge in [-0.3, -0.25) is 0 Å². The zero-order valence-corrected chi connectivity index (χ0v) is 16.9. The lowest BCUT2D eigenvalue weighted by molar-refractivity contribution is 0.114. The molecule has 1 aliphatic carbocycles. The highest BCUT2D eigenvalue weighted by atomic mass is 32.2. The summed E-state index contributed by atoms with van der Waals surface area (Å²) in [7, 11) is 0. The highest BCUT2D eigenvalue weighted by Crippen LogP contribution is 2.40. The minimum absolute atomic E-state index is 0.132. The van der Waals surface area contributed by atoms with Crippen LogP contribution < -0.4 is 10.1 Å². The third-order valence-corrected chi connectivity index (χ3v) is 6.33. The first-order chi connectivity index (χ1) is 13.2. The molecule has 0 spiro atoms. The Morgan fingerprint density at radius 3 is 2.93 bits per heavy atom. The van der Waals surface area contributed by atoms with E-state index in [2.05, 4.69) is 54.5 Å². The van der Waals surface area contributed by atoms with Crippen LogP contribution in [0, 0.1) is 11.8 Å². The van der Waals surface area contributed by atoms with Gasteiger partial charge in [-0.25, -0.2) is 0 Å². The van der Waals surface area contributed by atoms with Gasteiger partial charge in [0.2, 0.25) is 11.0 Å². The van der Waals surface area contributed by atoms with Crippen molar-refractivity contribution in [3.05, 3.63) is 35.9 Å². The predicted octanol–water partition coefficient (Wildman–Crippen LogP) is 5.16. The average molecular weight is 383 g/mol. The number of nitrogens with one attached hydrogen (secondary N) is 1. The second kappa shape index (κ2) is 7.89. The predicted molar refractivity (Wildman–Crippen MR) is 110 cm³/mol. The first-order valence-electron chi connectivity index (χ1n) is 9.71. The highest BCUT2D eigenvalue weighted by Gasteiger charge is 2.34. The smallest absolute Gasteiger partial charge is 0.247 e. The van der Waals surface area contributed by atoms with Gasteiger partial charge in [-0.2, -0.15) is 4.98 Å². The summed E-state index contributed by atoms with van der Waals surface area (Å²) in [5, 5.41) is 13.1. The van der Waals surface area contributed by atoms with Gasteiger partial charge in [-0.1, -0.05) is 55.5 Å². The summed E-state index contributed by atoms with van der Waals surface area (Å²) in [4.78, 5) is 4.71. The lowest BCUT2D eigenvalue weighted by Gasteiger charge is -2.34. The maximum absolute atomic E-state index is 6.44. The molecular formula is C21H26N4OS. The van der Waals surface area contributed by atoms with Gasteiger partial charge in [-0.05, 0) is 38.2 Å². The van der Waals surface area contributed by atoms with E-state index in [1.165, 1.54) is 5.57 Å². The maximum Gasteiger partial charge on any atom is 0.247 e. The van der Waals surface area contributed by atoms with Crippen molar-refractivity contribution >= 4 is 17.4 Å². The Hall–Kier alpha value is -2.08. The first-order valence-corrected chi connectivity index (χ1v) is 10.7. The highest BCUT2D eigenvalue weighted by molar-refractivity contribution is 7.99. The Morgan fingerprint density at radius 1 is 1.26 bits per heavy atom. The summed E-state index contributed by atoms with van der Waals surface area (Å²) in [5.41, 5.74) is 4.22. The van der Waals surface area contributed by atoms with Crippen LogP contribution in [0.5, 0.6) is 5.88 Å².